The molecule has 1 atom stereocenters. The van der Waals surface area contributed by atoms with Crippen LogP contribution in [0, 0.1) is 12.8 Å². The van der Waals surface area contributed by atoms with Crippen molar-refractivity contribution in [3.63, 3.8) is 0 Å². The number of aliphatic carboxylic acids is 1. The van der Waals surface area contributed by atoms with Gasteiger partial charge in [0.15, 0.2) is 5.13 Å². The molecule has 3 rings (SSSR count). The standard InChI is InChI=1S/C20H28N4O6S3/c1-13(19(26)27)3-5-16(25)23-20-22-14(2)18(32-20)15-4-6-17(31-15)33(28,29)21-7-8-24-9-11-30-12-10-24/h4,6,13,21H,3,5,7-12H2,1-2H3,(H,26,27)(H,22,23,25). The molecule has 1 aliphatic rings. The van der Waals surface area contributed by atoms with Crippen molar-refractivity contribution in [2.24, 2.45) is 5.92 Å². The molecule has 2 aromatic rings. The lowest BCUT2D eigenvalue weighted by molar-refractivity contribution is -0.141. The van der Waals surface area contributed by atoms with E-state index in [4.69, 9.17) is 9.84 Å². The maximum atomic E-state index is 12.7. The van der Waals surface area contributed by atoms with Gasteiger partial charge < -0.3 is 15.2 Å². The van der Waals surface area contributed by atoms with Crippen LogP contribution in [-0.2, 0) is 24.3 Å². The number of nitrogens with zero attached hydrogens (tertiary/aromatic N) is 2. The van der Waals surface area contributed by atoms with E-state index in [1.807, 2.05) is 0 Å². The quantitative estimate of drug-likeness (QED) is 0.413. The summed E-state index contributed by atoms with van der Waals surface area (Å²) in [6.07, 6.45) is 0.321. The number of carbonyl (C=O) groups excluding carboxylic acids is 1. The van der Waals surface area contributed by atoms with Crippen LogP contribution >= 0.6 is 22.7 Å². The van der Waals surface area contributed by atoms with Crippen LogP contribution in [-0.4, -0.2) is 74.7 Å². The number of nitrogens with one attached hydrogen (secondary N) is 2. The maximum absolute atomic E-state index is 12.7. The molecule has 3 N–H and O–H groups in total. The number of hydrogen-bond acceptors (Lipinski definition) is 9. The van der Waals surface area contributed by atoms with Crippen molar-refractivity contribution >= 4 is 49.7 Å². The van der Waals surface area contributed by atoms with Gasteiger partial charge >= 0.3 is 5.97 Å². The van der Waals surface area contributed by atoms with Crippen LogP contribution in [0.5, 0.6) is 0 Å². The van der Waals surface area contributed by atoms with Crippen LogP contribution in [0.25, 0.3) is 9.75 Å². The Bertz CT molecular complexity index is 1080. The van der Waals surface area contributed by atoms with Crippen molar-refractivity contribution < 1.29 is 27.9 Å². The molecule has 182 valence electrons. The summed E-state index contributed by atoms with van der Waals surface area (Å²) in [7, 11) is -3.62. The van der Waals surface area contributed by atoms with Crippen molar-refractivity contribution in [1.82, 2.24) is 14.6 Å². The Morgan fingerprint density at radius 2 is 2.00 bits per heavy atom. The number of carboxylic acids is 1. The molecule has 1 aliphatic heterocycles. The maximum Gasteiger partial charge on any atom is 0.306 e. The molecule has 10 nitrogen and oxygen atoms in total. The highest BCUT2D eigenvalue weighted by Crippen LogP contribution is 2.38. The number of ether oxygens (including phenoxy) is 1. The molecule has 0 radical (unpaired) electrons. The van der Waals surface area contributed by atoms with E-state index >= 15 is 0 Å². The number of carbonyl (C=O) groups is 2. The lowest BCUT2D eigenvalue weighted by atomic mass is 10.1. The Balaban J connectivity index is 1.58. The van der Waals surface area contributed by atoms with E-state index in [1.54, 1.807) is 26.0 Å². The van der Waals surface area contributed by atoms with Crippen LogP contribution in [0.1, 0.15) is 25.5 Å². The first-order valence-corrected chi connectivity index (χ1v) is 13.7. The Morgan fingerprint density at radius 3 is 2.70 bits per heavy atom. The highest BCUT2D eigenvalue weighted by molar-refractivity contribution is 7.91. The molecule has 2 aromatic heterocycles. The van der Waals surface area contributed by atoms with E-state index in [0.29, 0.717) is 37.1 Å². The minimum atomic E-state index is -3.62. The average Bonchev–Trinajstić information content (AvgIpc) is 3.39. The van der Waals surface area contributed by atoms with Crippen molar-refractivity contribution in [3.8, 4) is 9.75 Å². The predicted molar refractivity (Wildman–Crippen MR) is 127 cm³/mol. The van der Waals surface area contributed by atoms with Gasteiger partial charge in [0.2, 0.25) is 15.9 Å². The number of carboxylic acid groups (broad SMARTS) is 1. The van der Waals surface area contributed by atoms with Gasteiger partial charge in [-0.2, -0.15) is 0 Å². The van der Waals surface area contributed by atoms with Crippen LogP contribution in [0.2, 0.25) is 0 Å². The third-order valence-corrected chi connectivity index (χ3v) is 9.45. The van der Waals surface area contributed by atoms with E-state index in [1.165, 1.54) is 11.3 Å². The number of hydrogen-bond donors (Lipinski definition) is 3. The number of aromatic nitrogens is 1. The van der Waals surface area contributed by atoms with Gasteiger partial charge in [-0.05, 0) is 25.5 Å². The van der Waals surface area contributed by atoms with Gasteiger partial charge in [0.25, 0.3) is 0 Å². The molecule has 0 aromatic carbocycles. The largest absolute Gasteiger partial charge is 0.481 e. The van der Waals surface area contributed by atoms with E-state index in [2.05, 4.69) is 19.9 Å². The molecule has 33 heavy (non-hydrogen) atoms. The zero-order valence-electron chi connectivity index (χ0n) is 18.5. The van der Waals surface area contributed by atoms with Crippen LogP contribution in [0.3, 0.4) is 0 Å². The van der Waals surface area contributed by atoms with Crippen molar-refractivity contribution in [2.75, 3.05) is 44.7 Å². The summed E-state index contributed by atoms with van der Waals surface area (Å²) in [5.41, 5.74) is 0.681. The molecule has 1 fully saturated rings. The van der Waals surface area contributed by atoms with E-state index in [0.717, 1.165) is 34.2 Å². The highest BCUT2D eigenvalue weighted by atomic mass is 32.2. The Kier molecular flexibility index (Phi) is 8.95. The normalized spacial score (nSPS) is 15.9. The fourth-order valence-corrected chi connectivity index (χ4v) is 6.67. The Morgan fingerprint density at radius 1 is 1.27 bits per heavy atom. The molecule has 0 aliphatic carbocycles. The number of thiophene rings is 1. The molecule has 1 saturated heterocycles. The van der Waals surface area contributed by atoms with Crippen molar-refractivity contribution in [3.05, 3.63) is 17.8 Å². The molecule has 0 saturated carbocycles. The Labute approximate surface area is 201 Å². The number of morpholine rings is 1. The SMILES string of the molecule is Cc1nc(NC(=O)CCC(C)C(=O)O)sc1-c1ccc(S(=O)(=O)NCCN2CCOCC2)s1. The summed E-state index contributed by atoms with van der Waals surface area (Å²) in [6.45, 7) is 7.23. The fourth-order valence-electron chi connectivity index (χ4n) is 3.15. The summed E-state index contributed by atoms with van der Waals surface area (Å²) in [4.78, 5) is 31.0. The fraction of sp³-hybridized carbons (Fsp3) is 0.550. The first-order chi connectivity index (χ1) is 15.7. The molecular weight excluding hydrogens is 488 g/mol. The van der Waals surface area contributed by atoms with Gasteiger partial charge in [0, 0.05) is 37.5 Å². The van der Waals surface area contributed by atoms with Crippen molar-refractivity contribution in [2.45, 2.75) is 30.9 Å². The van der Waals surface area contributed by atoms with E-state index in [9.17, 15) is 18.0 Å². The number of thiazole rings is 1. The molecule has 0 spiro atoms. The lowest BCUT2D eigenvalue weighted by Gasteiger charge is -2.26. The van der Waals surface area contributed by atoms with Gasteiger partial charge in [-0.1, -0.05) is 18.3 Å². The minimum absolute atomic E-state index is 0.0823. The first-order valence-electron chi connectivity index (χ1n) is 10.6. The summed E-state index contributed by atoms with van der Waals surface area (Å²) in [5.74, 6) is -1.84. The first kappa shape index (κ1) is 25.7. The minimum Gasteiger partial charge on any atom is -0.481 e. The van der Waals surface area contributed by atoms with Gasteiger partial charge in [0.1, 0.15) is 4.21 Å². The third kappa shape index (κ3) is 7.29. The summed E-state index contributed by atoms with van der Waals surface area (Å²) >= 11 is 2.41. The van der Waals surface area contributed by atoms with E-state index in [-0.39, 0.29) is 23.0 Å². The van der Waals surface area contributed by atoms with Gasteiger partial charge in [-0.3, -0.25) is 14.5 Å². The second-order valence-corrected chi connectivity index (χ2v) is 11.8. The van der Waals surface area contributed by atoms with Gasteiger partial charge in [0.05, 0.1) is 29.7 Å². The van der Waals surface area contributed by atoms with Crippen LogP contribution < -0.4 is 10.0 Å². The van der Waals surface area contributed by atoms with E-state index < -0.39 is 21.9 Å². The number of aryl methyl sites for hydroxylation is 1. The molecule has 1 amide bonds. The number of anilines is 1. The molecule has 1 unspecified atom stereocenters. The number of rotatable bonds is 11. The van der Waals surface area contributed by atoms with Gasteiger partial charge in [-0.25, -0.2) is 18.1 Å². The smallest absolute Gasteiger partial charge is 0.306 e. The average molecular weight is 517 g/mol. The predicted octanol–water partition coefficient (Wildman–Crippen LogP) is 2.23. The topological polar surface area (TPSA) is 138 Å². The molecular formula is C20H28N4O6S3. The highest BCUT2D eigenvalue weighted by Gasteiger charge is 2.21. The zero-order valence-corrected chi connectivity index (χ0v) is 20.9. The zero-order chi connectivity index (χ0) is 24.0. The second-order valence-electron chi connectivity index (χ2n) is 7.73. The van der Waals surface area contributed by atoms with Crippen LogP contribution in [0.15, 0.2) is 16.3 Å². The van der Waals surface area contributed by atoms with Gasteiger partial charge in [-0.15, -0.1) is 11.3 Å². The third-order valence-electron chi connectivity index (χ3n) is 5.16. The van der Waals surface area contributed by atoms with Crippen LogP contribution in [0.4, 0.5) is 5.13 Å². The monoisotopic (exact) mass is 516 g/mol. The lowest BCUT2D eigenvalue weighted by Crippen LogP contribution is -2.41. The molecule has 0 bridgehead atoms. The number of sulfonamides is 1. The second kappa shape index (κ2) is 11.5. The summed E-state index contributed by atoms with van der Waals surface area (Å²) in [5, 5.41) is 12.0. The Hall–Kier alpha value is -1.90. The molecule has 13 heteroatoms. The summed E-state index contributed by atoms with van der Waals surface area (Å²) in [6, 6.07) is 3.31. The molecule has 3 heterocycles. The number of amides is 1. The summed E-state index contributed by atoms with van der Waals surface area (Å²) < 4.78 is 33.5. The van der Waals surface area contributed by atoms with Crippen molar-refractivity contribution in [1.29, 1.82) is 0 Å².